The molecule has 1 heterocycles. The van der Waals surface area contributed by atoms with Crippen LogP contribution in [0.4, 0.5) is 4.79 Å². The van der Waals surface area contributed by atoms with E-state index in [9.17, 15) is 4.79 Å². The summed E-state index contributed by atoms with van der Waals surface area (Å²) in [5.41, 5.74) is -0.469. The lowest BCUT2D eigenvalue weighted by Gasteiger charge is -2.33. The summed E-state index contributed by atoms with van der Waals surface area (Å²) in [7, 11) is 1.72. The summed E-state index contributed by atoms with van der Waals surface area (Å²) in [6.45, 7) is 10.3. The first-order valence-electron chi connectivity index (χ1n) is 7.20. The van der Waals surface area contributed by atoms with Gasteiger partial charge in [-0.2, -0.15) is 0 Å². The van der Waals surface area contributed by atoms with Gasteiger partial charge in [-0.1, -0.05) is 0 Å². The van der Waals surface area contributed by atoms with E-state index in [0.717, 1.165) is 32.7 Å². The molecular weight excluding hydrogens is 260 g/mol. The number of amides is 1. The molecule has 20 heavy (non-hydrogen) atoms. The van der Waals surface area contributed by atoms with Gasteiger partial charge in [-0.3, -0.25) is 4.90 Å². The quantitative estimate of drug-likeness (QED) is 0.745. The Morgan fingerprint density at radius 2 is 2.20 bits per heavy atom. The average Bonchev–Trinajstić information content (AvgIpc) is 2.35. The van der Waals surface area contributed by atoms with Gasteiger partial charge in [-0.15, -0.1) is 0 Å². The van der Waals surface area contributed by atoms with Crippen LogP contribution in [-0.2, 0) is 14.2 Å². The van der Waals surface area contributed by atoms with Crippen molar-refractivity contribution in [1.29, 1.82) is 0 Å². The number of ether oxygens (including phenoxy) is 3. The molecule has 6 heteroatoms. The summed E-state index contributed by atoms with van der Waals surface area (Å²) in [6.07, 6.45) is 0.652. The Kier molecular flexibility index (Phi) is 7.26. The fourth-order valence-corrected chi connectivity index (χ4v) is 2.05. The minimum Gasteiger partial charge on any atom is -0.444 e. The minimum atomic E-state index is -0.469. The summed E-state index contributed by atoms with van der Waals surface area (Å²) in [5, 5.41) is 2.76. The van der Waals surface area contributed by atoms with Crippen molar-refractivity contribution in [2.45, 2.75) is 38.9 Å². The van der Waals surface area contributed by atoms with Crippen molar-refractivity contribution >= 4 is 6.09 Å². The monoisotopic (exact) mass is 288 g/mol. The maximum atomic E-state index is 11.6. The Morgan fingerprint density at radius 1 is 1.45 bits per heavy atom. The highest BCUT2D eigenvalue weighted by Gasteiger charge is 2.22. The summed E-state index contributed by atoms with van der Waals surface area (Å²) in [6, 6.07) is 0. The van der Waals surface area contributed by atoms with Gasteiger partial charge < -0.3 is 19.5 Å². The molecule has 1 fully saturated rings. The number of methoxy groups -OCH3 is 1. The van der Waals surface area contributed by atoms with Crippen molar-refractivity contribution in [2.24, 2.45) is 0 Å². The highest BCUT2D eigenvalue weighted by molar-refractivity contribution is 5.67. The molecule has 1 aliphatic rings. The second-order valence-electron chi connectivity index (χ2n) is 6.02. The Bertz CT molecular complexity index is 291. The first kappa shape index (κ1) is 17.2. The maximum absolute atomic E-state index is 11.6. The lowest BCUT2D eigenvalue weighted by atomic mass is 10.2. The van der Waals surface area contributed by atoms with Gasteiger partial charge in [0.25, 0.3) is 0 Å². The molecule has 0 saturated carbocycles. The summed E-state index contributed by atoms with van der Waals surface area (Å²) < 4.78 is 15.9. The largest absolute Gasteiger partial charge is 0.444 e. The smallest absolute Gasteiger partial charge is 0.407 e. The Labute approximate surface area is 121 Å². The lowest BCUT2D eigenvalue weighted by Crippen LogP contribution is -2.48. The van der Waals surface area contributed by atoms with Gasteiger partial charge in [-0.05, 0) is 27.2 Å². The number of hydrogen-bond acceptors (Lipinski definition) is 5. The van der Waals surface area contributed by atoms with Crippen molar-refractivity contribution in [3.8, 4) is 0 Å². The second-order valence-corrected chi connectivity index (χ2v) is 6.02. The predicted octanol–water partition coefficient (Wildman–Crippen LogP) is 1.25. The molecule has 118 valence electrons. The zero-order valence-electron chi connectivity index (χ0n) is 13.1. The van der Waals surface area contributed by atoms with Crippen LogP contribution < -0.4 is 5.32 Å². The molecule has 1 unspecified atom stereocenters. The number of hydrogen-bond donors (Lipinski definition) is 1. The number of carbonyl (C=O) groups excluding carboxylic acids is 1. The number of morpholine rings is 1. The van der Waals surface area contributed by atoms with Gasteiger partial charge >= 0.3 is 6.09 Å². The fraction of sp³-hybridized carbons (Fsp3) is 0.929. The Hall–Kier alpha value is -0.850. The zero-order valence-corrected chi connectivity index (χ0v) is 13.1. The normalized spacial score (nSPS) is 20.7. The summed E-state index contributed by atoms with van der Waals surface area (Å²) >= 11 is 0. The molecule has 1 saturated heterocycles. The van der Waals surface area contributed by atoms with Crippen LogP contribution >= 0.6 is 0 Å². The molecule has 0 aromatic rings. The van der Waals surface area contributed by atoms with Crippen LogP contribution in [0.2, 0.25) is 0 Å². The number of nitrogens with zero attached hydrogens (tertiary/aromatic N) is 1. The molecule has 1 aliphatic heterocycles. The maximum Gasteiger partial charge on any atom is 0.407 e. The van der Waals surface area contributed by atoms with Crippen LogP contribution in [0, 0.1) is 0 Å². The van der Waals surface area contributed by atoms with Gasteiger partial charge in [0.15, 0.2) is 0 Å². The van der Waals surface area contributed by atoms with Gasteiger partial charge in [0.2, 0.25) is 0 Å². The molecule has 1 atom stereocenters. The van der Waals surface area contributed by atoms with Crippen molar-refractivity contribution < 1.29 is 19.0 Å². The standard InChI is InChI=1S/C14H28N2O4/c1-14(2,3)20-13(17)15-10-12-11-16(7-9-19-12)6-5-8-18-4/h12H,5-11H2,1-4H3,(H,15,17). The predicted molar refractivity (Wildman–Crippen MR) is 76.9 cm³/mol. The van der Waals surface area contributed by atoms with Gasteiger partial charge in [0, 0.05) is 39.9 Å². The van der Waals surface area contributed by atoms with Crippen molar-refractivity contribution in [3.63, 3.8) is 0 Å². The first-order valence-corrected chi connectivity index (χ1v) is 7.20. The minimum absolute atomic E-state index is 0.0267. The molecule has 0 aliphatic carbocycles. The zero-order chi connectivity index (χ0) is 15.0. The lowest BCUT2D eigenvalue weighted by molar-refractivity contribution is -0.0301. The van der Waals surface area contributed by atoms with E-state index in [1.807, 2.05) is 20.8 Å². The van der Waals surface area contributed by atoms with E-state index in [-0.39, 0.29) is 6.10 Å². The van der Waals surface area contributed by atoms with E-state index in [2.05, 4.69) is 10.2 Å². The Balaban J connectivity index is 2.21. The van der Waals surface area contributed by atoms with E-state index in [1.54, 1.807) is 7.11 Å². The van der Waals surface area contributed by atoms with Crippen LogP contribution in [-0.4, -0.2) is 69.2 Å². The molecule has 1 amide bonds. The van der Waals surface area contributed by atoms with Crippen molar-refractivity contribution in [2.75, 3.05) is 46.5 Å². The third-order valence-corrected chi connectivity index (χ3v) is 2.92. The van der Waals surface area contributed by atoms with Gasteiger partial charge in [0.1, 0.15) is 5.60 Å². The van der Waals surface area contributed by atoms with Crippen LogP contribution in [0.1, 0.15) is 27.2 Å². The molecule has 1 N–H and O–H groups in total. The van der Waals surface area contributed by atoms with Gasteiger partial charge in [0.05, 0.1) is 12.7 Å². The van der Waals surface area contributed by atoms with Crippen LogP contribution in [0.15, 0.2) is 0 Å². The number of alkyl carbamates (subject to hydrolysis) is 1. The van der Waals surface area contributed by atoms with Crippen LogP contribution in [0.3, 0.4) is 0 Å². The average molecular weight is 288 g/mol. The van der Waals surface area contributed by atoms with E-state index in [4.69, 9.17) is 14.2 Å². The third kappa shape index (κ3) is 7.67. The summed E-state index contributed by atoms with van der Waals surface area (Å²) in [4.78, 5) is 13.9. The van der Waals surface area contributed by atoms with Crippen molar-refractivity contribution in [1.82, 2.24) is 10.2 Å². The molecule has 0 aromatic heterocycles. The Morgan fingerprint density at radius 3 is 2.85 bits per heavy atom. The van der Waals surface area contributed by atoms with E-state index < -0.39 is 11.7 Å². The molecule has 0 radical (unpaired) electrons. The highest BCUT2D eigenvalue weighted by atomic mass is 16.6. The van der Waals surface area contributed by atoms with E-state index in [1.165, 1.54) is 0 Å². The molecule has 1 rings (SSSR count). The highest BCUT2D eigenvalue weighted by Crippen LogP contribution is 2.08. The molecule has 0 bridgehead atoms. The van der Waals surface area contributed by atoms with E-state index in [0.29, 0.717) is 13.2 Å². The fourth-order valence-electron chi connectivity index (χ4n) is 2.05. The topological polar surface area (TPSA) is 60.0 Å². The molecular formula is C14H28N2O4. The molecule has 0 spiro atoms. The number of nitrogens with one attached hydrogen (secondary N) is 1. The SMILES string of the molecule is COCCCN1CCOC(CNC(=O)OC(C)(C)C)C1. The number of carbonyl (C=O) groups is 1. The molecule has 0 aromatic carbocycles. The van der Waals surface area contributed by atoms with Gasteiger partial charge in [-0.25, -0.2) is 4.79 Å². The second kappa shape index (κ2) is 8.44. The van der Waals surface area contributed by atoms with E-state index >= 15 is 0 Å². The molecule has 6 nitrogen and oxygen atoms in total. The van der Waals surface area contributed by atoms with Crippen molar-refractivity contribution in [3.05, 3.63) is 0 Å². The number of rotatable bonds is 6. The summed E-state index contributed by atoms with van der Waals surface area (Å²) in [5.74, 6) is 0. The third-order valence-electron chi connectivity index (χ3n) is 2.92. The van der Waals surface area contributed by atoms with Crippen LogP contribution in [0.5, 0.6) is 0 Å². The van der Waals surface area contributed by atoms with Crippen LogP contribution in [0.25, 0.3) is 0 Å². The first-order chi connectivity index (χ1) is 9.40.